The van der Waals surface area contributed by atoms with Crippen LogP contribution in [0, 0.1) is 11.3 Å². The second-order valence-electron chi connectivity index (χ2n) is 7.39. The summed E-state index contributed by atoms with van der Waals surface area (Å²) in [6.07, 6.45) is 0.436. The molecule has 0 saturated carbocycles. The summed E-state index contributed by atoms with van der Waals surface area (Å²) < 4.78 is 5.20. The summed E-state index contributed by atoms with van der Waals surface area (Å²) in [4.78, 5) is 28.0. The van der Waals surface area contributed by atoms with Gasteiger partial charge in [0, 0.05) is 5.69 Å². The molecule has 3 aromatic carbocycles. The molecule has 1 N–H and O–H groups in total. The number of nitrogens with one attached hydrogen (secondary N) is 1. The number of hydrogen-bond acceptors (Lipinski definition) is 5. The number of carbonyl (C=O) groups is 2. The average Bonchev–Trinajstić information content (AvgIpc) is 3.17. The van der Waals surface area contributed by atoms with E-state index in [1.54, 1.807) is 55.6 Å². The van der Waals surface area contributed by atoms with Gasteiger partial charge in [-0.2, -0.15) is 5.26 Å². The molecule has 0 aliphatic carbocycles. The molecule has 1 fully saturated rings. The summed E-state index contributed by atoms with van der Waals surface area (Å²) in [5.74, 6) is -0.0964. The van der Waals surface area contributed by atoms with Gasteiger partial charge in [-0.1, -0.05) is 65.8 Å². The number of nitrogens with zero attached hydrogens (tertiary/aromatic N) is 2. The van der Waals surface area contributed by atoms with E-state index in [1.165, 1.54) is 16.7 Å². The first-order valence-electron chi connectivity index (χ1n) is 10.4. The number of methoxy groups -OCH3 is 1. The van der Waals surface area contributed by atoms with Crippen molar-refractivity contribution in [2.45, 2.75) is 11.7 Å². The average molecular weight is 490 g/mol. The van der Waals surface area contributed by atoms with Gasteiger partial charge in [-0.25, -0.2) is 0 Å². The van der Waals surface area contributed by atoms with Crippen molar-refractivity contribution in [1.29, 1.82) is 5.26 Å². The Labute approximate surface area is 206 Å². The normalized spacial score (nSPS) is 16.7. The summed E-state index contributed by atoms with van der Waals surface area (Å²) in [5.41, 5.74) is 1.77. The number of para-hydroxylation sites is 2. The van der Waals surface area contributed by atoms with Crippen molar-refractivity contribution in [3.05, 3.63) is 100 Å². The maximum Gasteiger partial charge on any atom is 0.269 e. The van der Waals surface area contributed by atoms with Gasteiger partial charge < -0.3 is 10.1 Å². The third-order valence-corrected chi connectivity index (χ3v) is 6.81. The molecule has 1 aliphatic heterocycles. The zero-order chi connectivity index (χ0) is 24.1. The largest absolute Gasteiger partial charge is 0.497 e. The lowest BCUT2D eigenvalue weighted by molar-refractivity contribution is -0.117. The highest BCUT2D eigenvalue weighted by atomic mass is 35.5. The van der Waals surface area contributed by atoms with Crippen LogP contribution in [0.2, 0.25) is 5.02 Å². The van der Waals surface area contributed by atoms with E-state index < -0.39 is 11.2 Å². The molecular weight excluding hydrogens is 470 g/mol. The van der Waals surface area contributed by atoms with Crippen LogP contribution in [0.3, 0.4) is 0 Å². The van der Waals surface area contributed by atoms with Gasteiger partial charge in [-0.3, -0.25) is 14.5 Å². The van der Waals surface area contributed by atoms with Crippen LogP contribution in [-0.2, 0) is 16.0 Å². The second-order valence-corrected chi connectivity index (χ2v) is 8.99. The molecule has 6 nitrogen and oxygen atoms in total. The molecule has 1 heterocycles. The van der Waals surface area contributed by atoms with Crippen molar-refractivity contribution in [2.75, 3.05) is 17.3 Å². The highest BCUT2D eigenvalue weighted by Gasteiger charge is 2.40. The van der Waals surface area contributed by atoms with E-state index in [9.17, 15) is 14.9 Å². The Bertz CT molecular complexity index is 1290. The zero-order valence-electron chi connectivity index (χ0n) is 18.2. The fraction of sp³-hybridized carbons (Fsp3) is 0.115. The Morgan fingerprint density at radius 1 is 1.09 bits per heavy atom. The SMILES string of the molecule is COc1ccc(CC2SC(=C(C#N)C(=O)Nc3ccccc3Cl)N(c3ccccc3)C2=O)cc1. The molecule has 0 radical (unpaired) electrons. The number of anilines is 2. The Balaban J connectivity index is 1.70. The Morgan fingerprint density at radius 2 is 1.76 bits per heavy atom. The Morgan fingerprint density at radius 3 is 2.41 bits per heavy atom. The predicted molar refractivity (Wildman–Crippen MR) is 135 cm³/mol. The van der Waals surface area contributed by atoms with Gasteiger partial charge in [-0.05, 0) is 48.4 Å². The van der Waals surface area contributed by atoms with Crippen LogP contribution in [0.15, 0.2) is 89.5 Å². The summed E-state index contributed by atoms with van der Waals surface area (Å²) in [5, 5.41) is 12.8. The third kappa shape index (κ3) is 4.93. The van der Waals surface area contributed by atoms with E-state index in [4.69, 9.17) is 16.3 Å². The molecule has 0 spiro atoms. The van der Waals surface area contributed by atoms with Crippen LogP contribution in [-0.4, -0.2) is 24.2 Å². The molecule has 1 aliphatic rings. The van der Waals surface area contributed by atoms with Crippen molar-refractivity contribution in [3.63, 3.8) is 0 Å². The lowest BCUT2D eigenvalue weighted by Crippen LogP contribution is -2.30. The molecule has 4 rings (SSSR count). The van der Waals surface area contributed by atoms with Crippen LogP contribution in [0.4, 0.5) is 11.4 Å². The monoisotopic (exact) mass is 489 g/mol. The van der Waals surface area contributed by atoms with Crippen LogP contribution in [0.1, 0.15) is 5.56 Å². The van der Waals surface area contributed by atoms with Gasteiger partial charge in [0.1, 0.15) is 22.4 Å². The van der Waals surface area contributed by atoms with Crippen molar-refractivity contribution in [3.8, 4) is 11.8 Å². The number of amides is 2. The minimum absolute atomic E-state index is 0.153. The highest BCUT2D eigenvalue weighted by molar-refractivity contribution is 8.05. The molecule has 2 amide bonds. The molecule has 0 aromatic heterocycles. The molecule has 34 heavy (non-hydrogen) atoms. The molecule has 1 unspecified atom stereocenters. The van der Waals surface area contributed by atoms with Gasteiger partial charge in [0.2, 0.25) is 5.91 Å². The second kappa shape index (κ2) is 10.5. The minimum atomic E-state index is -0.628. The van der Waals surface area contributed by atoms with Crippen molar-refractivity contribution in [2.24, 2.45) is 0 Å². The Kier molecular flexibility index (Phi) is 7.21. The van der Waals surface area contributed by atoms with Crippen molar-refractivity contribution in [1.82, 2.24) is 0 Å². The molecule has 1 atom stereocenters. The summed E-state index contributed by atoms with van der Waals surface area (Å²) in [6, 6.07) is 25.2. The summed E-state index contributed by atoms with van der Waals surface area (Å²) >= 11 is 7.38. The van der Waals surface area contributed by atoms with E-state index in [0.717, 1.165) is 11.3 Å². The number of halogens is 1. The first kappa shape index (κ1) is 23.4. The molecule has 8 heteroatoms. The maximum atomic E-state index is 13.5. The summed E-state index contributed by atoms with van der Waals surface area (Å²) in [6.45, 7) is 0. The zero-order valence-corrected chi connectivity index (χ0v) is 19.8. The fourth-order valence-corrected chi connectivity index (χ4v) is 5.01. The Hall–Kier alpha value is -3.73. The summed E-state index contributed by atoms with van der Waals surface area (Å²) in [7, 11) is 1.59. The molecule has 170 valence electrons. The number of nitriles is 1. The number of hydrogen-bond donors (Lipinski definition) is 1. The third-order valence-electron chi connectivity index (χ3n) is 5.22. The maximum absolute atomic E-state index is 13.5. The van der Waals surface area contributed by atoms with E-state index in [1.807, 2.05) is 36.4 Å². The quantitative estimate of drug-likeness (QED) is 0.369. The lowest BCUT2D eigenvalue weighted by atomic mass is 10.1. The van der Waals surface area contributed by atoms with Gasteiger partial charge in [0.25, 0.3) is 5.91 Å². The van der Waals surface area contributed by atoms with Gasteiger partial charge in [0.15, 0.2) is 0 Å². The van der Waals surface area contributed by atoms with Gasteiger partial charge >= 0.3 is 0 Å². The van der Waals surface area contributed by atoms with Crippen LogP contribution < -0.4 is 15.0 Å². The topological polar surface area (TPSA) is 82.4 Å². The van der Waals surface area contributed by atoms with E-state index in [-0.39, 0.29) is 11.5 Å². The van der Waals surface area contributed by atoms with E-state index in [0.29, 0.717) is 27.8 Å². The first-order chi connectivity index (χ1) is 16.5. The molecule has 1 saturated heterocycles. The van der Waals surface area contributed by atoms with Crippen molar-refractivity contribution >= 4 is 46.6 Å². The number of thioether (sulfide) groups is 1. The van der Waals surface area contributed by atoms with Crippen LogP contribution >= 0.6 is 23.4 Å². The number of carbonyl (C=O) groups excluding carboxylic acids is 2. The van der Waals surface area contributed by atoms with Crippen molar-refractivity contribution < 1.29 is 14.3 Å². The van der Waals surface area contributed by atoms with Gasteiger partial charge in [0.05, 0.1) is 23.1 Å². The molecular formula is C26H20ClN3O3S. The molecule has 0 bridgehead atoms. The smallest absolute Gasteiger partial charge is 0.269 e. The first-order valence-corrected chi connectivity index (χ1v) is 11.7. The molecule has 3 aromatic rings. The number of ether oxygens (including phenoxy) is 1. The van der Waals surface area contributed by atoms with E-state index in [2.05, 4.69) is 5.32 Å². The minimum Gasteiger partial charge on any atom is -0.497 e. The lowest BCUT2D eigenvalue weighted by Gasteiger charge is -2.18. The fourth-order valence-electron chi connectivity index (χ4n) is 3.52. The highest BCUT2D eigenvalue weighted by Crippen LogP contribution is 2.42. The van der Waals surface area contributed by atoms with Gasteiger partial charge in [-0.15, -0.1) is 0 Å². The van der Waals surface area contributed by atoms with Crippen LogP contribution in [0.25, 0.3) is 0 Å². The number of benzene rings is 3. The number of rotatable bonds is 6. The van der Waals surface area contributed by atoms with E-state index >= 15 is 0 Å². The van der Waals surface area contributed by atoms with Crippen LogP contribution in [0.5, 0.6) is 5.75 Å². The predicted octanol–water partition coefficient (Wildman–Crippen LogP) is 5.41. The standard InChI is InChI=1S/C26H20ClN3O3S/c1-33-19-13-11-17(12-14-19)15-23-25(32)30(18-7-3-2-4-8-18)26(34-23)20(16-28)24(31)29-22-10-6-5-9-21(22)27/h2-14,23H,15H2,1H3,(H,29,31).